The molecule has 4 aromatic rings. The van der Waals surface area contributed by atoms with Crippen LogP contribution in [0.25, 0.3) is 0 Å². The Hall–Kier alpha value is -3.57. The minimum absolute atomic E-state index is 0.512. The van der Waals surface area contributed by atoms with Crippen molar-refractivity contribution in [3.05, 3.63) is 103 Å². The van der Waals surface area contributed by atoms with Crippen molar-refractivity contribution >= 4 is 17.4 Å². The van der Waals surface area contributed by atoms with Gasteiger partial charge in [0.05, 0.1) is 4.90 Å². The van der Waals surface area contributed by atoms with E-state index in [4.69, 9.17) is 15.0 Å². The van der Waals surface area contributed by atoms with Crippen molar-refractivity contribution in [3.63, 3.8) is 0 Å². The summed E-state index contributed by atoms with van der Waals surface area (Å²) in [7, 11) is 0. The number of aryl methyl sites for hydroxylation is 1. The molecule has 0 aliphatic heterocycles. The van der Waals surface area contributed by atoms with E-state index in [1.807, 2.05) is 72.8 Å². The first-order chi connectivity index (χ1) is 14.7. The molecule has 4 aromatic carbocycles. The Kier molecular flexibility index (Phi) is 6.11. The van der Waals surface area contributed by atoms with E-state index >= 15 is 0 Å². The molecule has 0 atom stereocenters. The van der Waals surface area contributed by atoms with Crippen LogP contribution in [0.15, 0.2) is 112 Å². The van der Waals surface area contributed by atoms with Crippen molar-refractivity contribution in [1.29, 1.82) is 0 Å². The average molecular weight is 414 g/mol. The van der Waals surface area contributed by atoms with Crippen LogP contribution >= 0.6 is 11.8 Å². The summed E-state index contributed by atoms with van der Waals surface area (Å²) >= 11 is 1.60. The maximum absolute atomic E-state index is 6.16. The Morgan fingerprint density at radius 1 is 0.700 bits per heavy atom. The number of benzene rings is 4. The fourth-order valence-electron chi connectivity index (χ4n) is 2.84. The van der Waals surface area contributed by atoms with Crippen LogP contribution in [-0.4, -0.2) is 0 Å². The standard InChI is InChI=1S/C25H20N2O2S/c1-18-12-14-21(15-13-18)30-25-17-23(28-19-8-4-2-5-9-19)22(27-26)16-24(25)29-20-10-6-3-7-11-20/h2-17,26H,1H3/p+1. The van der Waals surface area contributed by atoms with E-state index < -0.39 is 0 Å². The summed E-state index contributed by atoms with van der Waals surface area (Å²) in [5.74, 6) is 2.68. The minimum atomic E-state index is 0.512. The molecule has 2 N–H and O–H groups in total. The molecular weight excluding hydrogens is 392 g/mol. The second-order valence-electron chi connectivity index (χ2n) is 6.64. The lowest BCUT2D eigenvalue weighted by Gasteiger charge is -2.14. The van der Waals surface area contributed by atoms with E-state index in [1.165, 1.54) is 5.56 Å². The van der Waals surface area contributed by atoms with Crippen molar-refractivity contribution in [2.75, 3.05) is 0 Å². The summed E-state index contributed by atoms with van der Waals surface area (Å²) in [6.07, 6.45) is 0. The SMILES string of the molecule is Cc1ccc(Sc2cc(Oc3ccccc3)c(N=[NH2+])cc2Oc2ccccc2)cc1. The molecule has 4 nitrogen and oxygen atoms in total. The number of nitrogens with two attached hydrogens (primary N) is 1. The molecule has 0 amide bonds. The van der Waals surface area contributed by atoms with Crippen LogP contribution in [0.3, 0.4) is 0 Å². The number of rotatable bonds is 7. The highest BCUT2D eigenvalue weighted by Crippen LogP contribution is 2.44. The highest BCUT2D eigenvalue weighted by molar-refractivity contribution is 7.99. The van der Waals surface area contributed by atoms with Gasteiger partial charge in [-0.25, -0.2) is 0 Å². The fourth-order valence-corrected chi connectivity index (χ4v) is 3.73. The molecule has 0 aromatic heterocycles. The number of nitrogens with zero attached hydrogens (tertiary/aromatic N) is 1. The fraction of sp³-hybridized carbons (Fsp3) is 0.0400. The molecule has 0 spiro atoms. The van der Waals surface area contributed by atoms with Gasteiger partial charge >= 0.3 is 0 Å². The van der Waals surface area contributed by atoms with Gasteiger partial charge in [0.1, 0.15) is 17.2 Å². The second-order valence-corrected chi connectivity index (χ2v) is 7.76. The lowest BCUT2D eigenvalue weighted by atomic mass is 10.2. The lowest BCUT2D eigenvalue weighted by molar-refractivity contribution is -0.210. The van der Waals surface area contributed by atoms with E-state index in [2.05, 4.69) is 36.3 Å². The first kappa shape index (κ1) is 19.7. The third-order valence-corrected chi connectivity index (χ3v) is 5.40. The summed E-state index contributed by atoms with van der Waals surface area (Å²) < 4.78 is 12.2. The zero-order valence-electron chi connectivity index (χ0n) is 16.5. The van der Waals surface area contributed by atoms with E-state index in [0.29, 0.717) is 22.9 Å². The van der Waals surface area contributed by atoms with Crippen LogP contribution in [0.2, 0.25) is 0 Å². The van der Waals surface area contributed by atoms with Crippen molar-refractivity contribution in [3.8, 4) is 23.0 Å². The molecule has 4 rings (SSSR count). The molecule has 0 aliphatic carbocycles. The largest absolute Gasteiger partial charge is 0.456 e. The predicted octanol–water partition coefficient (Wildman–Crippen LogP) is 6.57. The van der Waals surface area contributed by atoms with E-state index in [-0.39, 0.29) is 0 Å². The molecule has 5 heteroatoms. The van der Waals surface area contributed by atoms with Gasteiger partial charge in [-0.2, -0.15) is 5.53 Å². The van der Waals surface area contributed by atoms with E-state index in [0.717, 1.165) is 15.5 Å². The number of ether oxygens (including phenoxy) is 2. The second kappa shape index (κ2) is 9.29. The van der Waals surface area contributed by atoms with Crippen molar-refractivity contribution in [2.45, 2.75) is 16.7 Å². The van der Waals surface area contributed by atoms with Gasteiger partial charge in [0.2, 0.25) is 0 Å². The van der Waals surface area contributed by atoms with E-state index in [9.17, 15) is 0 Å². The minimum Gasteiger partial charge on any atom is -0.456 e. The van der Waals surface area contributed by atoms with Gasteiger partial charge in [-0.05, 0) is 48.4 Å². The average Bonchev–Trinajstić information content (AvgIpc) is 2.78. The Morgan fingerprint density at radius 2 is 1.27 bits per heavy atom. The third-order valence-electron chi connectivity index (χ3n) is 4.36. The van der Waals surface area contributed by atoms with Gasteiger partial charge in [-0.1, -0.05) is 65.9 Å². The van der Waals surface area contributed by atoms with Crippen LogP contribution in [0.1, 0.15) is 5.56 Å². The lowest BCUT2D eigenvalue weighted by Crippen LogP contribution is -2.22. The van der Waals surface area contributed by atoms with Gasteiger partial charge in [0.25, 0.3) is 0 Å². The van der Waals surface area contributed by atoms with Crippen molar-refractivity contribution in [2.24, 2.45) is 5.11 Å². The highest BCUT2D eigenvalue weighted by Gasteiger charge is 2.16. The zero-order valence-corrected chi connectivity index (χ0v) is 17.3. The molecule has 148 valence electrons. The third kappa shape index (κ3) is 4.88. The van der Waals surface area contributed by atoms with Gasteiger partial charge in [-0.15, -0.1) is 0 Å². The van der Waals surface area contributed by atoms with Crippen molar-refractivity contribution < 1.29 is 15.0 Å². The van der Waals surface area contributed by atoms with Crippen LogP contribution in [0.4, 0.5) is 5.69 Å². The molecule has 0 unspecified atom stereocenters. The molecule has 0 radical (unpaired) electrons. The summed E-state index contributed by atoms with van der Waals surface area (Å²) in [5.41, 5.74) is 7.39. The molecule has 0 fully saturated rings. The van der Waals surface area contributed by atoms with Crippen LogP contribution < -0.4 is 15.0 Å². The van der Waals surface area contributed by atoms with E-state index in [1.54, 1.807) is 11.8 Å². The Morgan fingerprint density at radius 3 is 1.83 bits per heavy atom. The summed E-state index contributed by atoms with van der Waals surface area (Å²) in [6, 6.07) is 31.3. The Balaban J connectivity index is 1.74. The normalized spacial score (nSPS) is 10.4. The molecule has 0 saturated carbocycles. The zero-order chi connectivity index (χ0) is 20.8. The Labute approximate surface area is 180 Å². The molecular formula is C25H21N2O2S+. The van der Waals surface area contributed by atoms with Crippen LogP contribution in [0, 0.1) is 6.92 Å². The van der Waals surface area contributed by atoms with Crippen molar-refractivity contribution in [1.82, 2.24) is 0 Å². The summed E-state index contributed by atoms with van der Waals surface area (Å²) in [6.45, 7) is 2.07. The number of hydrogen-bond acceptors (Lipinski definition) is 4. The number of hydrogen-bond donors (Lipinski definition) is 1. The predicted molar refractivity (Wildman–Crippen MR) is 119 cm³/mol. The number of para-hydroxylation sites is 2. The van der Waals surface area contributed by atoms with Gasteiger partial charge in [0.15, 0.2) is 11.4 Å². The smallest absolute Gasteiger partial charge is 0.176 e. The molecule has 0 aliphatic rings. The van der Waals surface area contributed by atoms with Gasteiger partial charge in [-0.3, -0.25) is 0 Å². The maximum Gasteiger partial charge on any atom is 0.176 e. The highest BCUT2D eigenvalue weighted by atomic mass is 32.2. The first-order valence-electron chi connectivity index (χ1n) is 9.50. The monoisotopic (exact) mass is 413 g/mol. The van der Waals surface area contributed by atoms with Gasteiger partial charge in [0, 0.05) is 17.0 Å². The Bertz CT molecular complexity index is 1130. The summed E-state index contributed by atoms with van der Waals surface area (Å²) in [4.78, 5) is 2.00. The summed E-state index contributed by atoms with van der Waals surface area (Å²) in [5, 5.41) is 3.91. The molecule has 0 heterocycles. The maximum atomic E-state index is 6.16. The topological polar surface area (TPSA) is 56.4 Å². The van der Waals surface area contributed by atoms with Gasteiger partial charge < -0.3 is 9.47 Å². The van der Waals surface area contributed by atoms with Crippen LogP contribution in [-0.2, 0) is 0 Å². The quantitative estimate of drug-likeness (QED) is 0.348. The molecule has 0 saturated heterocycles. The molecule has 30 heavy (non-hydrogen) atoms. The molecule has 0 bridgehead atoms. The van der Waals surface area contributed by atoms with Crippen LogP contribution in [0.5, 0.6) is 23.0 Å². The first-order valence-corrected chi connectivity index (χ1v) is 10.3.